The van der Waals surface area contributed by atoms with Gasteiger partial charge in [-0.1, -0.05) is 12.1 Å². The lowest BCUT2D eigenvalue weighted by Crippen LogP contribution is -2.37. The predicted molar refractivity (Wildman–Crippen MR) is 129 cm³/mol. The van der Waals surface area contributed by atoms with E-state index in [9.17, 15) is 8.42 Å². The highest BCUT2D eigenvalue weighted by atomic mass is 32.2. The largest absolute Gasteiger partial charge is 0.451 e. The van der Waals surface area contributed by atoms with Gasteiger partial charge in [-0.3, -0.25) is 0 Å². The van der Waals surface area contributed by atoms with Crippen LogP contribution < -0.4 is 0 Å². The van der Waals surface area contributed by atoms with Crippen molar-refractivity contribution >= 4 is 32.8 Å². The maximum absolute atomic E-state index is 13.2. The molecule has 5 rings (SSSR count). The van der Waals surface area contributed by atoms with Crippen LogP contribution in [0.1, 0.15) is 25.3 Å². The van der Waals surface area contributed by atoms with Gasteiger partial charge in [0.05, 0.1) is 4.90 Å². The summed E-state index contributed by atoms with van der Waals surface area (Å²) in [6.07, 6.45) is 3.79. The number of aryl methyl sites for hydroxylation is 1. The zero-order chi connectivity index (χ0) is 23.2. The van der Waals surface area contributed by atoms with Crippen molar-refractivity contribution in [2.24, 2.45) is 5.92 Å². The van der Waals surface area contributed by atoms with Crippen LogP contribution in [0.4, 0.5) is 0 Å². The first kappa shape index (κ1) is 22.2. The first-order chi connectivity index (χ1) is 15.9. The topological polar surface area (TPSA) is 89.4 Å². The summed E-state index contributed by atoms with van der Waals surface area (Å²) in [5.41, 5.74) is 2.20. The first-order valence-electron chi connectivity index (χ1n) is 10.9. The lowest BCUT2D eigenvalue weighted by Gasteiger charge is -2.29. The molecule has 33 heavy (non-hydrogen) atoms. The van der Waals surface area contributed by atoms with Crippen LogP contribution in [0.3, 0.4) is 0 Å². The van der Waals surface area contributed by atoms with Crippen molar-refractivity contribution in [2.75, 3.05) is 19.3 Å². The van der Waals surface area contributed by atoms with E-state index in [-0.39, 0.29) is 10.8 Å². The third kappa shape index (κ3) is 4.09. The second kappa shape index (κ2) is 8.62. The van der Waals surface area contributed by atoms with Gasteiger partial charge in [-0.2, -0.15) is 9.29 Å². The quantitative estimate of drug-likeness (QED) is 0.341. The second-order valence-electron chi connectivity index (χ2n) is 8.45. The molecule has 0 N–H and O–H groups in total. The Bertz CT molecular complexity index is 1400. The molecule has 0 aliphatic carbocycles. The molecule has 2 aromatic heterocycles. The minimum Gasteiger partial charge on any atom is -0.451 e. The maximum Gasteiger partial charge on any atom is 0.294 e. The Morgan fingerprint density at radius 1 is 1.09 bits per heavy atom. The standard InChI is InChI=1S/C24H25N3O4S2/c1-15-10-12-27(13-11-15)33(28,29)19-8-9-21-20(14-19)16(2)22(30-21)24-25-23(26-31-24)17-4-6-18(32-3)7-5-17/h4-9,14-15H,10-13H2,1-3H3. The molecule has 9 heteroatoms. The van der Waals surface area contributed by atoms with E-state index in [1.807, 2.05) is 37.4 Å². The van der Waals surface area contributed by atoms with Crippen molar-refractivity contribution in [3.63, 3.8) is 0 Å². The summed E-state index contributed by atoms with van der Waals surface area (Å²) in [6.45, 7) is 5.14. The molecule has 1 aliphatic heterocycles. The molecule has 1 saturated heterocycles. The smallest absolute Gasteiger partial charge is 0.294 e. The van der Waals surface area contributed by atoms with Crippen LogP contribution in [-0.2, 0) is 10.0 Å². The van der Waals surface area contributed by atoms with Gasteiger partial charge in [0.15, 0.2) is 5.76 Å². The van der Waals surface area contributed by atoms with E-state index in [1.165, 1.54) is 0 Å². The number of furan rings is 1. The van der Waals surface area contributed by atoms with Crippen molar-refractivity contribution in [1.82, 2.24) is 14.4 Å². The van der Waals surface area contributed by atoms with Gasteiger partial charge < -0.3 is 8.94 Å². The van der Waals surface area contributed by atoms with Crippen molar-refractivity contribution in [2.45, 2.75) is 36.5 Å². The predicted octanol–water partition coefficient (Wildman–Crippen LogP) is 5.60. The fourth-order valence-electron chi connectivity index (χ4n) is 4.11. The van der Waals surface area contributed by atoms with Crippen molar-refractivity contribution in [3.8, 4) is 23.0 Å². The molecular weight excluding hydrogens is 458 g/mol. The molecule has 172 valence electrons. The number of sulfonamides is 1. The Kier molecular flexibility index (Phi) is 5.80. The Hall–Kier alpha value is -2.62. The van der Waals surface area contributed by atoms with Gasteiger partial charge in [-0.15, -0.1) is 11.8 Å². The van der Waals surface area contributed by atoms with Crippen LogP contribution >= 0.6 is 11.8 Å². The highest BCUT2D eigenvalue weighted by Gasteiger charge is 2.29. The van der Waals surface area contributed by atoms with E-state index >= 15 is 0 Å². The minimum absolute atomic E-state index is 0.266. The van der Waals surface area contributed by atoms with Gasteiger partial charge in [-0.25, -0.2) is 8.42 Å². The number of thioether (sulfide) groups is 1. The molecule has 0 radical (unpaired) electrons. The average Bonchev–Trinajstić information content (AvgIpc) is 3.44. The molecule has 7 nitrogen and oxygen atoms in total. The molecule has 2 aromatic carbocycles. The van der Waals surface area contributed by atoms with E-state index in [1.54, 1.807) is 34.3 Å². The maximum atomic E-state index is 13.2. The van der Waals surface area contributed by atoms with Crippen molar-refractivity contribution < 1.29 is 17.4 Å². The van der Waals surface area contributed by atoms with Gasteiger partial charge >= 0.3 is 0 Å². The van der Waals surface area contributed by atoms with Crippen molar-refractivity contribution in [3.05, 3.63) is 48.0 Å². The normalized spacial score (nSPS) is 16.0. The Labute approximate surface area is 197 Å². The molecular formula is C24H25N3O4S2. The SMILES string of the molecule is CSc1ccc(-c2noc(-c3oc4ccc(S(=O)(=O)N5CCC(C)CC5)cc4c3C)n2)cc1. The Morgan fingerprint density at radius 3 is 2.52 bits per heavy atom. The van der Waals surface area contributed by atoms with Gasteiger partial charge in [0.25, 0.3) is 5.89 Å². The molecule has 0 amide bonds. The second-order valence-corrected chi connectivity index (χ2v) is 11.3. The fraction of sp³-hybridized carbons (Fsp3) is 0.333. The number of rotatable bonds is 5. The number of piperidine rings is 1. The summed E-state index contributed by atoms with van der Waals surface area (Å²) >= 11 is 1.67. The third-order valence-electron chi connectivity index (χ3n) is 6.26. The number of fused-ring (bicyclic) bond motifs is 1. The first-order valence-corrected chi connectivity index (χ1v) is 13.5. The lowest BCUT2D eigenvalue weighted by molar-refractivity contribution is 0.288. The van der Waals surface area contributed by atoms with E-state index in [0.29, 0.717) is 36.2 Å². The number of hydrogen-bond donors (Lipinski definition) is 0. The third-order valence-corrected chi connectivity index (χ3v) is 8.89. The number of nitrogens with zero attached hydrogens (tertiary/aromatic N) is 3. The molecule has 1 aliphatic rings. The van der Waals surface area contributed by atoms with Crippen LogP contribution in [0.15, 0.2) is 61.2 Å². The molecule has 0 spiro atoms. The van der Waals surface area contributed by atoms with E-state index in [4.69, 9.17) is 8.94 Å². The van der Waals surface area contributed by atoms with Crippen LogP contribution in [-0.4, -0.2) is 42.2 Å². The summed E-state index contributed by atoms with van der Waals surface area (Å²) in [6, 6.07) is 12.9. The summed E-state index contributed by atoms with van der Waals surface area (Å²) in [4.78, 5) is 5.94. The zero-order valence-electron chi connectivity index (χ0n) is 18.7. The summed E-state index contributed by atoms with van der Waals surface area (Å²) in [5, 5.41) is 4.82. The molecule has 0 bridgehead atoms. The summed E-state index contributed by atoms with van der Waals surface area (Å²) in [7, 11) is -3.55. The van der Waals surface area contributed by atoms with E-state index < -0.39 is 10.0 Å². The Morgan fingerprint density at radius 2 is 1.82 bits per heavy atom. The minimum atomic E-state index is -3.55. The zero-order valence-corrected chi connectivity index (χ0v) is 20.4. The molecule has 1 fully saturated rings. The summed E-state index contributed by atoms with van der Waals surface area (Å²) in [5.74, 6) is 1.74. The Balaban J connectivity index is 1.47. The number of aromatic nitrogens is 2. The molecule has 0 atom stereocenters. The highest BCUT2D eigenvalue weighted by molar-refractivity contribution is 7.98. The fourth-order valence-corrected chi connectivity index (χ4v) is 6.02. The average molecular weight is 484 g/mol. The van der Waals surface area contributed by atoms with Gasteiger partial charge in [-0.05, 0) is 74.4 Å². The molecule has 3 heterocycles. The lowest BCUT2D eigenvalue weighted by atomic mass is 10.0. The van der Waals surface area contributed by atoms with E-state index in [0.717, 1.165) is 34.3 Å². The molecule has 0 unspecified atom stereocenters. The van der Waals surface area contributed by atoms with Crippen LogP contribution in [0.5, 0.6) is 0 Å². The van der Waals surface area contributed by atoms with Crippen LogP contribution in [0.25, 0.3) is 34.0 Å². The van der Waals surface area contributed by atoms with Crippen molar-refractivity contribution in [1.29, 1.82) is 0 Å². The number of benzene rings is 2. The summed E-state index contributed by atoms with van der Waals surface area (Å²) < 4.78 is 39.4. The van der Waals surface area contributed by atoms with Crippen LogP contribution in [0, 0.1) is 12.8 Å². The van der Waals surface area contributed by atoms with Gasteiger partial charge in [0.2, 0.25) is 15.8 Å². The van der Waals surface area contributed by atoms with E-state index in [2.05, 4.69) is 17.1 Å². The molecule has 4 aromatic rings. The monoisotopic (exact) mass is 483 g/mol. The van der Waals surface area contributed by atoms with Crippen LogP contribution in [0.2, 0.25) is 0 Å². The highest BCUT2D eigenvalue weighted by Crippen LogP contribution is 2.35. The van der Waals surface area contributed by atoms with Gasteiger partial charge in [0.1, 0.15) is 5.58 Å². The number of hydrogen-bond acceptors (Lipinski definition) is 7. The van der Waals surface area contributed by atoms with Gasteiger partial charge in [0, 0.05) is 34.5 Å². The molecule has 0 saturated carbocycles.